The zero-order valence-corrected chi connectivity index (χ0v) is 17.2. The molecule has 0 atom stereocenters. The van der Waals surface area contributed by atoms with Crippen molar-refractivity contribution in [3.8, 4) is 0 Å². The number of hydrogen-bond acceptors (Lipinski definition) is 5. The normalized spacial score (nSPS) is 10.7. The highest BCUT2D eigenvalue weighted by atomic mass is 35.5. The number of hydrogen-bond donors (Lipinski definition) is 3. The largest absolute Gasteiger partial charge is 0.481 e. The van der Waals surface area contributed by atoms with Crippen molar-refractivity contribution in [2.45, 2.75) is 59.0 Å². The lowest BCUT2D eigenvalue weighted by molar-refractivity contribution is -0.134. The Morgan fingerprint density at radius 3 is 2.52 bits per heavy atom. The molecule has 0 aliphatic carbocycles. The molecule has 0 unspecified atom stereocenters. The second kappa shape index (κ2) is 10.6. The van der Waals surface area contributed by atoms with Crippen molar-refractivity contribution in [2.24, 2.45) is 0 Å². The minimum atomic E-state index is -0.833. The van der Waals surface area contributed by atoms with Crippen LogP contribution in [0.1, 0.15) is 45.1 Å². The molecule has 0 aliphatic heterocycles. The first kappa shape index (κ1) is 22.4. The molecule has 0 spiro atoms. The number of carbonyl (C=O) groups is 1. The van der Waals surface area contributed by atoms with E-state index >= 15 is 0 Å². The van der Waals surface area contributed by atoms with Crippen LogP contribution >= 0.6 is 11.6 Å². The highest BCUT2D eigenvalue weighted by Gasteiger charge is 2.16. The van der Waals surface area contributed by atoms with Crippen LogP contribution < -0.4 is 11.2 Å². The van der Waals surface area contributed by atoms with Gasteiger partial charge in [0.25, 0.3) is 11.5 Å². The molecule has 0 amide bonds. The molecule has 0 aliphatic rings. The van der Waals surface area contributed by atoms with Gasteiger partial charge in [-0.15, -0.1) is 0 Å². The molecule has 0 saturated heterocycles. The van der Waals surface area contributed by atoms with Crippen LogP contribution in [0.3, 0.4) is 0 Å². The Morgan fingerprint density at radius 1 is 1.21 bits per heavy atom. The summed E-state index contributed by atoms with van der Waals surface area (Å²) in [4.78, 5) is 41.3. The number of H-pyrrole nitrogens is 2. The Hall–Kier alpha value is -2.88. The second-order valence-electron chi connectivity index (χ2n) is 6.55. The van der Waals surface area contributed by atoms with Gasteiger partial charge < -0.3 is 10.1 Å². The molecular weight excluding hydrogens is 400 g/mol. The lowest BCUT2D eigenvalue weighted by atomic mass is 10.2. The van der Waals surface area contributed by atoms with Crippen molar-refractivity contribution in [1.29, 1.82) is 0 Å². The standard InChI is InChI=1S/C16H21ClN6O2.C2H4O2/c1-2-3-4-7-22-13-12(20-15(17)21-13)14(24)23(16(22)25)8-5-6-11-9-18-19-10-11;1-2(3)4/h9-10H,2-8H2,1H3,(H,18,19)(H,20,21);1H3,(H,3,4). The van der Waals surface area contributed by atoms with Crippen molar-refractivity contribution in [1.82, 2.24) is 29.3 Å². The number of carboxylic acid groups (broad SMARTS) is 1. The van der Waals surface area contributed by atoms with Gasteiger partial charge in [0.05, 0.1) is 6.20 Å². The third-order valence-corrected chi connectivity index (χ3v) is 4.40. The number of rotatable bonds is 8. The van der Waals surface area contributed by atoms with Gasteiger partial charge in [-0.1, -0.05) is 19.8 Å². The summed E-state index contributed by atoms with van der Waals surface area (Å²) in [6.45, 7) is 4.04. The van der Waals surface area contributed by atoms with E-state index in [0.717, 1.165) is 38.2 Å². The topological polar surface area (TPSA) is 139 Å². The lowest BCUT2D eigenvalue weighted by Crippen LogP contribution is -2.40. The number of unbranched alkanes of at least 4 members (excludes halogenated alkanes) is 2. The van der Waals surface area contributed by atoms with Gasteiger partial charge in [0.1, 0.15) is 0 Å². The van der Waals surface area contributed by atoms with Gasteiger partial charge in [0.2, 0.25) is 5.28 Å². The van der Waals surface area contributed by atoms with Crippen LogP contribution in [0.4, 0.5) is 0 Å². The van der Waals surface area contributed by atoms with Crippen molar-refractivity contribution >= 4 is 28.7 Å². The second-order valence-corrected chi connectivity index (χ2v) is 6.91. The molecule has 11 heteroatoms. The van der Waals surface area contributed by atoms with Crippen molar-refractivity contribution in [2.75, 3.05) is 0 Å². The predicted octanol–water partition coefficient (Wildman–Crippen LogP) is 2.18. The van der Waals surface area contributed by atoms with Gasteiger partial charge in [0, 0.05) is 26.2 Å². The van der Waals surface area contributed by atoms with Crippen molar-refractivity contribution in [3.63, 3.8) is 0 Å². The lowest BCUT2D eigenvalue weighted by Gasteiger charge is -2.11. The van der Waals surface area contributed by atoms with E-state index in [1.165, 1.54) is 4.57 Å². The number of nitrogens with zero attached hydrogens (tertiary/aromatic N) is 4. The molecule has 0 aromatic carbocycles. The van der Waals surface area contributed by atoms with Crippen LogP contribution in [0.15, 0.2) is 22.0 Å². The average Bonchev–Trinajstić information content (AvgIpc) is 3.30. The quantitative estimate of drug-likeness (QED) is 0.374. The van der Waals surface area contributed by atoms with Crippen molar-refractivity contribution < 1.29 is 9.90 Å². The number of imidazole rings is 1. The van der Waals surface area contributed by atoms with Crippen LogP contribution in [0.2, 0.25) is 5.28 Å². The highest BCUT2D eigenvalue weighted by Crippen LogP contribution is 2.11. The number of aromatic amines is 2. The summed E-state index contributed by atoms with van der Waals surface area (Å²) in [5.74, 6) is -0.833. The molecule has 158 valence electrons. The average molecular weight is 425 g/mol. The minimum absolute atomic E-state index is 0.117. The smallest absolute Gasteiger partial charge is 0.332 e. The van der Waals surface area contributed by atoms with Crippen molar-refractivity contribution in [3.05, 3.63) is 44.1 Å². The number of halogens is 1. The van der Waals surface area contributed by atoms with E-state index in [2.05, 4.69) is 27.1 Å². The summed E-state index contributed by atoms with van der Waals surface area (Å²) in [6.07, 6.45) is 7.85. The number of aryl methyl sites for hydroxylation is 2. The first-order valence-electron chi connectivity index (χ1n) is 9.41. The molecule has 3 aromatic rings. The number of aromatic nitrogens is 6. The molecular formula is C18H25ClN6O4. The summed E-state index contributed by atoms with van der Waals surface area (Å²) in [5, 5.41) is 14.2. The van der Waals surface area contributed by atoms with Gasteiger partial charge in [0.15, 0.2) is 11.2 Å². The van der Waals surface area contributed by atoms with Crippen LogP contribution in [0.5, 0.6) is 0 Å². The first-order chi connectivity index (χ1) is 13.8. The van der Waals surface area contributed by atoms with Crippen LogP contribution in [-0.4, -0.2) is 40.4 Å². The third kappa shape index (κ3) is 6.05. The van der Waals surface area contributed by atoms with Crippen LogP contribution in [0.25, 0.3) is 11.2 Å². The van der Waals surface area contributed by atoms with E-state index in [1.807, 2.05) is 6.20 Å². The molecule has 29 heavy (non-hydrogen) atoms. The third-order valence-electron chi connectivity index (χ3n) is 4.22. The number of carboxylic acids is 1. The van der Waals surface area contributed by atoms with Gasteiger partial charge >= 0.3 is 5.69 Å². The van der Waals surface area contributed by atoms with Gasteiger partial charge in [-0.3, -0.25) is 23.8 Å². The highest BCUT2D eigenvalue weighted by molar-refractivity contribution is 6.28. The number of fused-ring (bicyclic) bond motifs is 1. The van der Waals surface area contributed by atoms with Gasteiger partial charge in [-0.25, -0.2) is 4.79 Å². The number of aliphatic carboxylic acids is 1. The minimum Gasteiger partial charge on any atom is -0.481 e. The zero-order chi connectivity index (χ0) is 21.4. The Labute approximate surface area is 171 Å². The fourth-order valence-corrected chi connectivity index (χ4v) is 3.09. The summed E-state index contributed by atoms with van der Waals surface area (Å²) >= 11 is 5.92. The van der Waals surface area contributed by atoms with E-state index in [-0.39, 0.29) is 22.0 Å². The maximum absolute atomic E-state index is 12.8. The SMILES string of the molecule is CC(=O)O.CCCCCn1c(=O)n(CCCc2cn[nH]c2)c(=O)c2[nH]c(Cl)nc21. The fourth-order valence-electron chi connectivity index (χ4n) is 2.91. The Bertz CT molecular complexity index is 1050. The fraction of sp³-hybridized carbons (Fsp3) is 0.500. The zero-order valence-electron chi connectivity index (χ0n) is 16.4. The molecule has 0 bridgehead atoms. The number of nitrogens with one attached hydrogen (secondary N) is 2. The molecule has 3 N–H and O–H groups in total. The van der Waals surface area contributed by atoms with Crippen LogP contribution in [0, 0.1) is 0 Å². The predicted molar refractivity (Wildman–Crippen MR) is 109 cm³/mol. The molecule has 10 nitrogen and oxygen atoms in total. The first-order valence-corrected chi connectivity index (χ1v) is 9.79. The Morgan fingerprint density at radius 2 is 1.90 bits per heavy atom. The molecule has 0 radical (unpaired) electrons. The molecule has 3 heterocycles. The summed E-state index contributed by atoms with van der Waals surface area (Å²) in [7, 11) is 0. The molecule has 3 aromatic heterocycles. The van der Waals surface area contributed by atoms with E-state index in [0.29, 0.717) is 25.2 Å². The summed E-state index contributed by atoms with van der Waals surface area (Å²) in [5.41, 5.74) is 0.955. The van der Waals surface area contributed by atoms with Gasteiger partial charge in [-0.2, -0.15) is 10.1 Å². The van der Waals surface area contributed by atoms with Gasteiger partial charge in [-0.05, 0) is 36.4 Å². The maximum atomic E-state index is 12.8. The van der Waals surface area contributed by atoms with E-state index in [9.17, 15) is 9.59 Å². The Balaban J connectivity index is 0.000000687. The van der Waals surface area contributed by atoms with E-state index in [4.69, 9.17) is 21.5 Å². The summed E-state index contributed by atoms with van der Waals surface area (Å²) < 4.78 is 2.81. The molecule has 3 rings (SSSR count). The molecule has 0 fully saturated rings. The Kier molecular flexibility index (Phi) is 8.20. The monoisotopic (exact) mass is 424 g/mol. The summed E-state index contributed by atoms with van der Waals surface area (Å²) in [6, 6.07) is 0. The van der Waals surface area contributed by atoms with Crippen LogP contribution in [-0.2, 0) is 24.3 Å². The maximum Gasteiger partial charge on any atom is 0.332 e. The molecule has 0 saturated carbocycles. The van der Waals surface area contributed by atoms with E-state index < -0.39 is 5.97 Å². The van der Waals surface area contributed by atoms with E-state index in [1.54, 1.807) is 10.8 Å².